The first-order valence-electron chi connectivity index (χ1n) is 9.29. The molecule has 3 aromatic rings. The smallest absolute Gasteiger partial charge is 0.261 e. The fraction of sp³-hybridized carbons (Fsp3) is 0.136. The highest BCUT2D eigenvalue weighted by molar-refractivity contribution is 7.92. The predicted octanol–water partition coefficient (Wildman–Crippen LogP) is 4.59. The molecule has 8 heteroatoms. The second kappa shape index (κ2) is 8.38. The Kier molecular flexibility index (Phi) is 5.65. The molecule has 0 aliphatic carbocycles. The van der Waals surface area contributed by atoms with Crippen LogP contribution in [0.2, 0.25) is 5.02 Å². The number of nitrogens with one attached hydrogen (secondary N) is 2. The van der Waals surface area contributed by atoms with Gasteiger partial charge in [-0.05, 0) is 59.7 Å². The number of methoxy groups -OCH3 is 1. The zero-order valence-electron chi connectivity index (χ0n) is 16.2. The fourth-order valence-corrected chi connectivity index (χ4v) is 4.42. The van der Waals surface area contributed by atoms with Gasteiger partial charge in [-0.15, -0.1) is 0 Å². The van der Waals surface area contributed by atoms with Crippen molar-refractivity contribution in [2.45, 2.75) is 17.4 Å². The average Bonchev–Trinajstić information content (AvgIpc) is 3.24. The van der Waals surface area contributed by atoms with E-state index in [-0.39, 0.29) is 10.9 Å². The van der Waals surface area contributed by atoms with Gasteiger partial charge in [-0.2, -0.15) is 5.10 Å². The number of ether oxygens (including phenoxy) is 1. The molecule has 0 radical (unpaired) electrons. The van der Waals surface area contributed by atoms with Crippen LogP contribution in [-0.2, 0) is 10.0 Å². The van der Waals surface area contributed by atoms with Crippen LogP contribution in [-0.4, -0.2) is 21.2 Å². The zero-order valence-corrected chi connectivity index (χ0v) is 17.7. The second-order valence-electron chi connectivity index (χ2n) is 6.86. The Balaban J connectivity index is 1.49. The standard InChI is InChI=1S/C22H20ClN3O3S/c1-29-19-9-5-15(6-10-19)21-14-22(25-24-21)16-3-2-4-18(13-16)26-30(27,28)20-11-7-17(23)8-12-20/h2-13,21,24,26H,14H2,1H3. The van der Waals surface area contributed by atoms with Crippen molar-refractivity contribution in [3.05, 3.63) is 88.9 Å². The molecule has 0 amide bonds. The molecule has 0 fully saturated rings. The van der Waals surface area contributed by atoms with Crippen molar-refractivity contribution in [3.63, 3.8) is 0 Å². The fourth-order valence-electron chi connectivity index (χ4n) is 3.24. The summed E-state index contributed by atoms with van der Waals surface area (Å²) in [5.74, 6) is 0.804. The molecule has 0 spiro atoms. The van der Waals surface area contributed by atoms with Crippen molar-refractivity contribution in [1.82, 2.24) is 5.43 Å². The Bertz CT molecular complexity index is 1180. The van der Waals surface area contributed by atoms with E-state index in [2.05, 4.69) is 15.2 Å². The molecule has 154 valence electrons. The van der Waals surface area contributed by atoms with Gasteiger partial charge in [0.15, 0.2) is 0 Å². The number of halogens is 1. The molecule has 6 nitrogen and oxygen atoms in total. The lowest BCUT2D eigenvalue weighted by Crippen LogP contribution is -2.13. The minimum absolute atomic E-state index is 0.0559. The minimum Gasteiger partial charge on any atom is -0.497 e. The monoisotopic (exact) mass is 441 g/mol. The largest absolute Gasteiger partial charge is 0.497 e. The Morgan fingerprint density at radius 3 is 2.50 bits per heavy atom. The number of nitrogens with zero attached hydrogens (tertiary/aromatic N) is 1. The van der Waals surface area contributed by atoms with E-state index in [9.17, 15) is 8.42 Å². The quantitative estimate of drug-likeness (QED) is 0.586. The number of hydrogen-bond donors (Lipinski definition) is 2. The third kappa shape index (κ3) is 4.42. The number of hydrazone groups is 1. The Hall–Kier alpha value is -3.03. The lowest BCUT2D eigenvalue weighted by atomic mass is 9.99. The van der Waals surface area contributed by atoms with Crippen LogP contribution in [0.5, 0.6) is 5.75 Å². The summed E-state index contributed by atoms with van der Waals surface area (Å²) in [5.41, 5.74) is 6.45. The maximum atomic E-state index is 12.6. The summed E-state index contributed by atoms with van der Waals surface area (Å²) < 4.78 is 33.1. The third-order valence-electron chi connectivity index (χ3n) is 4.84. The first-order valence-corrected chi connectivity index (χ1v) is 11.2. The summed E-state index contributed by atoms with van der Waals surface area (Å²) in [6, 6.07) is 21.1. The van der Waals surface area contributed by atoms with Crippen molar-refractivity contribution >= 4 is 33.0 Å². The van der Waals surface area contributed by atoms with Crippen molar-refractivity contribution in [3.8, 4) is 5.75 Å². The van der Waals surface area contributed by atoms with E-state index in [0.717, 1.165) is 22.6 Å². The molecular weight excluding hydrogens is 422 g/mol. The van der Waals surface area contributed by atoms with E-state index < -0.39 is 10.0 Å². The van der Waals surface area contributed by atoms with Gasteiger partial charge in [-0.25, -0.2) is 8.42 Å². The lowest BCUT2D eigenvalue weighted by Gasteiger charge is -2.11. The molecule has 1 atom stereocenters. The van der Waals surface area contributed by atoms with Gasteiger partial charge in [0.05, 0.1) is 23.8 Å². The molecule has 0 saturated heterocycles. The highest BCUT2D eigenvalue weighted by atomic mass is 35.5. The Labute approximate surface area is 180 Å². The number of benzene rings is 3. The summed E-state index contributed by atoms with van der Waals surface area (Å²) in [6.07, 6.45) is 0.694. The number of sulfonamides is 1. The predicted molar refractivity (Wildman–Crippen MR) is 119 cm³/mol. The summed E-state index contributed by atoms with van der Waals surface area (Å²) in [7, 11) is -2.07. The number of anilines is 1. The van der Waals surface area contributed by atoms with Crippen LogP contribution in [0.1, 0.15) is 23.6 Å². The number of rotatable bonds is 6. The van der Waals surface area contributed by atoms with Crippen molar-refractivity contribution in [1.29, 1.82) is 0 Å². The van der Waals surface area contributed by atoms with Crippen LogP contribution >= 0.6 is 11.6 Å². The molecule has 1 heterocycles. The van der Waals surface area contributed by atoms with Gasteiger partial charge >= 0.3 is 0 Å². The molecule has 0 bridgehead atoms. The third-order valence-corrected chi connectivity index (χ3v) is 6.49. The van der Waals surface area contributed by atoms with Crippen molar-refractivity contribution < 1.29 is 13.2 Å². The summed E-state index contributed by atoms with van der Waals surface area (Å²) in [5, 5.41) is 4.94. The molecule has 0 aromatic heterocycles. The summed E-state index contributed by atoms with van der Waals surface area (Å²) in [6.45, 7) is 0. The van der Waals surface area contributed by atoms with Gasteiger partial charge in [-0.1, -0.05) is 35.9 Å². The van der Waals surface area contributed by atoms with E-state index in [0.29, 0.717) is 17.1 Å². The minimum atomic E-state index is -3.71. The number of hydrogen-bond acceptors (Lipinski definition) is 5. The Morgan fingerprint density at radius 1 is 1.07 bits per heavy atom. The molecule has 2 N–H and O–H groups in total. The van der Waals surface area contributed by atoms with E-state index in [1.165, 1.54) is 12.1 Å². The van der Waals surface area contributed by atoms with Gasteiger partial charge in [0.25, 0.3) is 10.0 Å². The molecule has 4 rings (SSSR count). The highest BCUT2D eigenvalue weighted by Gasteiger charge is 2.22. The van der Waals surface area contributed by atoms with Gasteiger partial charge in [0.1, 0.15) is 5.75 Å². The van der Waals surface area contributed by atoms with Crippen molar-refractivity contribution in [2.75, 3.05) is 11.8 Å². The molecule has 0 saturated carbocycles. The summed E-state index contributed by atoms with van der Waals surface area (Å²) in [4.78, 5) is 0.150. The van der Waals surface area contributed by atoms with E-state index in [1.807, 2.05) is 30.3 Å². The second-order valence-corrected chi connectivity index (χ2v) is 8.98. The molecule has 1 unspecified atom stereocenters. The summed E-state index contributed by atoms with van der Waals surface area (Å²) >= 11 is 5.85. The van der Waals surface area contributed by atoms with E-state index in [1.54, 1.807) is 37.4 Å². The van der Waals surface area contributed by atoms with Crippen LogP contribution in [0.25, 0.3) is 0 Å². The molecule has 1 aliphatic rings. The van der Waals surface area contributed by atoms with E-state index in [4.69, 9.17) is 16.3 Å². The zero-order chi connectivity index (χ0) is 21.1. The van der Waals surface area contributed by atoms with Gasteiger partial charge in [-0.3, -0.25) is 4.72 Å². The highest BCUT2D eigenvalue weighted by Crippen LogP contribution is 2.27. The van der Waals surface area contributed by atoms with E-state index >= 15 is 0 Å². The van der Waals surface area contributed by atoms with Gasteiger partial charge in [0.2, 0.25) is 0 Å². The lowest BCUT2D eigenvalue weighted by molar-refractivity contribution is 0.414. The molecule has 1 aliphatic heterocycles. The Morgan fingerprint density at radius 2 is 1.80 bits per heavy atom. The van der Waals surface area contributed by atoms with Crippen LogP contribution in [0.4, 0.5) is 5.69 Å². The van der Waals surface area contributed by atoms with Gasteiger partial charge < -0.3 is 10.2 Å². The maximum absolute atomic E-state index is 12.6. The van der Waals surface area contributed by atoms with Crippen LogP contribution in [0.3, 0.4) is 0 Å². The topological polar surface area (TPSA) is 79.8 Å². The SMILES string of the molecule is COc1ccc(C2CC(c3cccc(NS(=O)(=O)c4ccc(Cl)cc4)c3)=NN2)cc1. The maximum Gasteiger partial charge on any atom is 0.261 e. The first-order chi connectivity index (χ1) is 14.4. The molecule has 30 heavy (non-hydrogen) atoms. The normalized spacial score (nSPS) is 15.9. The molecular formula is C22H20ClN3O3S. The van der Waals surface area contributed by atoms with Gasteiger partial charge in [0, 0.05) is 17.1 Å². The average molecular weight is 442 g/mol. The molecule has 3 aromatic carbocycles. The van der Waals surface area contributed by atoms with Crippen molar-refractivity contribution in [2.24, 2.45) is 5.10 Å². The van der Waals surface area contributed by atoms with Crippen LogP contribution in [0, 0.1) is 0 Å². The first kappa shape index (κ1) is 20.3. The van der Waals surface area contributed by atoms with Crippen LogP contribution < -0.4 is 14.9 Å². The van der Waals surface area contributed by atoms with Crippen LogP contribution in [0.15, 0.2) is 82.8 Å².